The molecule has 0 spiro atoms. The van der Waals surface area contributed by atoms with E-state index in [-0.39, 0.29) is 11.1 Å². The predicted octanol–water partition coefficient (Wildman–Crippen LogP) is 5.12. The number of nitrogens with two attached hydrogens (primary N) is 1. The summed E-state index contributed by atoms with van der Waals surface area (Å²) in [5.41, 5.74) is 8.69. The van der Waals surface area contributed by atoms with Crippen molar-refractivity contribution in [3.63, 3.8) is 0 Å². The molecule has 3 N–H and O–H groups in total. The number of benzene rings is 2. The van der Waals surface area contributed by atoms with Gasteiger partial charge in [0.05, 0.1) is 21.2 Å². The SMILES string of the molecule is CN1CCN(c2cc(Oc3cccc4cc(C(=O)O)n(C)c34)ccn2)CC1.CS(=O)c1ccc(C(C)(C)C)cc1N. The minimum absolute atomic E-state index is 0.0852. The van der Waals surface area contributed by atoms with Gasteiger partial charge in [0.15, 0.2) is 5.75 Å². The number of rotatable bonds is 5. The number of likely N-dealkylation sites (N-methyl/N-ethyl adjacent to an activating group) is 1. The van der Waals surface area contributed by atoms with Crippen LogP contribution in [0.5, 0.6) is 11.5 Å². The smallest absolute Gasteiger partial charge is 0.352 e. The number of anilines is 2. The average molecular weight is 578 g/mol. The predicted molar refractivity (Wildman–Crippen MR) is 166 cm³/mol. The van der Waals surface area contributed by atoms with Gasteiger partial charge in [0.25, 0.3) is 0 Å². The summed E-state index contributed by atoms with van der Waals surface area (Å²) in [5, 5.41) is 10.2. The number of carbonyl (C=O) groups is 1. The van der Waals surface area contributed by atoms with Gasteiger partial charge in [-0.25, -0.2) is 9.78 Å². The molecule has 9 nitrogen and oxygen atoms in total. The minimum atomic E-state index is -1.00. The van der Waals surface area contributed by atoms with Crippen LogP contribution >= 0.6 is 0 Å². The average Bonchev–Trinajstić information content (AvgIpc) is 3.26. The number of pyridine rings is 1. The van der Waals surface area contributed by atoms with Crippen LogP contribution in [0.25, 0.3) is 10.9 Å². The van der Waals surface area contributed by atoms with E-state index in [1.54, 1.807) is 30.1 Å². The van der Waals surface area contributed by atoms with E-state index in [0.717, 1.165) is 47.8 Å². The number of hydrogen-bond acceptors (Lipinski definition) is 7. The standard InChI is InChI=1S/C20H22N4O3.C11H17NOS/c1-22-8-10-24(11-9-22)18-13-15(6-7-21-18)27-17-5-3-4-14-12-16(20(25)26)23(2)19(14)17;1-11(2,3)8-5-6-10(14(4)13)9(12)7-8/h3-7,12-13H,8-11H2,1-2H3,(H,25,26);5-7H,12H2,1-4H3. The highest BCUT2D eigenvalue weighted by molar-refractivity contribution is 7.84. The normalized spacial score (nSPS) is 14.8. The molecular weight excluding hydrogens is 538 g/mol. The van der Waals surface area contributed by atoms with Crippen molar-refractivity contribution in [3.05, 3.63) is 72.1 Å². The summed E-state index contributed by atoms with van der Waals surface area (Å²) in [6.07, 6.45) is 3.39. The molecule has 0 aliphatic carbocycles. The van der Waals surface area contributed by atoms with Gasteiger partial charge in [-0.2, -0.15) is 0 Å². The summed E-state index contributed by atoms with van der Waals surface area (Å²) in [6.45, 7) is 10.3. The van der Waals surface area contributed by atoms with Gasteiger partial charge in [-0.3, -0.25) is 4.21 Å². The molecule has 0 amide bonds. The Bertz CT molecular complexity index is 1570. The van der Waals surface area contributed by atoms with E-state index in [2.05, 4.69) is 42.6 Å². The molecule has 0 radical (unpaired) electrons. The molecule has 2 aromatic carbocycles. The van der Waals surface area contributed by atoms with Crippen LogP contribution in [0.1, 0.15) is 36.8 Å². The van der Waals surface area contributed by atoms with Crippen LogP contribution in [0, 0.1) is 0 Å². The van der Waals surface area contributed by atoms with Crippen LogP contribution in [0.15, 0.2) is 65.7 Å². The van der Waals surface area contributed by atoms with E-state index >= 15 is 0 Å². The Labute approximate surface area is 244 Å². The molecule has 2 aromatic heterocycles. The van der Waals surface area contributed by atoms with E-state index in [0.29, 0.717) is 17.2 Å². The van der Waals surface area contributed by atoms with E-state index in [1.165, 1.54) is 5.56 Å². The number of fused-ring (bicyclic) bond motifs is 1. The fraction of sp³-hybridized carbons (Fsp3) is 0.355. The second-order valence-corrected chi connectivity index (χ2v) is 12.6. The molecule has 10 heteroatoms. The van der Waals surface area contributed by atoms with Crippen molar-refractivity contribution in [1.29, 1.82) is 0 Å². The zero-order valence-corrected chi connectivity index (χ0v) is 25.4. The fourth-order valence-electron chi connectivity index (χ4n) is 4.74. The molecule has 0 saturated carbocycles. The third-order valence-electron chi connectivity index (χ3n) is 7.20. The number of carboxylic acid groups (broad SMARTS) is 1. The van der Waals surface area contributed by atoms with E-state index in [4.69, 9.17) is 10.5 Å². The van der Waals surface area contributed by atoms with E-state index in [9.17, 15) is 14.1 Å². The van der Waals surface area contributed by atoms with Crippen molar-refractivity contribution >= 4 is 39.2 Å². The first-order valence-electron chi connectivity index (χ1n) is 13.5. The molecular formula is C31H39N5O4S. The minimum Gasteiger partial charge on any atom is -0.477 e. The maximum absolute atomic E-state index is 11.4. The molecule has 1 saturated heterocycles. The second kappa shape index (κ2) is 12.3. The summed E-state index contributed by atoms with van der Waals surface area (Å²) >= 11 is 0. The van der Waals surface area contributed by atoms with Gasteiger partial charge in [-0.05, 0) is 48.4 Å². The number of aromatic nitrogens is 2. The van der Waals surface area contributed by atoms with Gasteiger partial charge < -0.3 is 29.9 Å². The summed E-state index contributed by atoms with van der Waals surface area (Å²) in [6, 6.07) is 16.8. The zero-order chi connectivity index (χ0) is 29.9. The van der Waals surface area contributed by atoms with Crippen LogP contribution in [0.3, 0.4) is 0 Å². The molecule has 1 fully saturated rings. The highest BCUT2D eigenvalue weighted by Crippen LogP contribution is 2.33. The number of aryl methyl sites for hydroxylation is 1. The summed E-state index contributed by atoms with van der Waals surface area (Å²) in [4.78, 5) is 21.2. The Morgan fingerprint density at radius 2 is 1.73 bits per heavy atom. The number of aromatic carboxylic acids is 1. The van der Waals surface area contributed by atoms with Crippen molar-refractivity contribution in [3.8, 4) is 11.5 Å². The third-order valence-corrected chi connectivity index (χ3v) is 8.19. The summed E-state index contributed by atoms with van der Waals surface area (Å²) < 4.78 is 19.0. The lowest BCUT2D eigenvalue weighted by atomic mass is 9.87. The summed E-state index contributed by atoms with van der Waals surface area (Å²) in [5.74, 6) is 1.24. The molecule has 41 heavy (non-hydrogen) atoms. The maximum Gasteiger partial charge on any atom is 0.352 e. The fourth-order valence-corrected chi connectivity index (χ4v) is 5.39. The van der Waals surface area contributed by atoms with Crippen molar-refractivity contribution in [2.75, 3.05) is 50.1 Å². The first-order valence-corrected chi connectivity index (χ1v) is 15.0. The molecule has 218 valence electrons. The van der Waals surface area contributed by atoms with Crippen molar-refractivity contribution in [1.82, 2.24) is 14.5 Å². The Morgan fingerprint density at radius 3 is 2.34 bits per heavy atom. The lowest BCUT2D eigenvalue weighted by Crippen LogP contribution is -2.44. The number of para-hydroxylation sites is 1. The number of ether oxygens (including phenoxy) is 1. The number of piperazine rings is 1. The Kier molecular flexibility index (Phi) is 9.04. The molecule has 1 unspecified atom stereocenters. The Balaban J connectivity index is 0.000000234. The van der Waals surface area contributed by atoms with Gasteiger partial charge in [0.1, 0.15) is 17.3 Å². The van der Waals surface area contributed by atoms with Gasteiger partial charge in [-0.15, -0.1) is 0 Å². The first-order chi connectivity index (χ1) is 19.3. The van der Waals surface area contributed by atoms with Crippen LogP contribution in [0.2, 0.25) is 0 Å². The third kappa shape index (κ3) is 7.07. The number of hydrogen-bond donors (Lipinski definition) is 2. The van der Waals surface area contributed by atoms with E-state index < -0.39 is 16.8 Å². The molecule has 1 atom stereocenters. The number of nitrogens with zero attached hydrogens (tertiary/aromatic N) is 4. The van der Waals surface area contributed by atoms with Crippen LogP contribution in [0.4, 0.5) is 11.5 Å². The molecule has 1 aliphatic rings. The van der Waals surface area contributed by atoms with E-state index in [1.807, 2.05) is 48.5 Å². The highest BCUT2D eigenvalue weighted by atomic mass is 32.2. The van der Waals surface area contributed by atoms with Crippen molar-refractivity contribution in [2.45, 2.75) is 31.1 Å². The highest BCUT2D eigenvalue weighted by Gasteiger charge is 2.18. The number of nitrogen functional groups attached to an aromatic ring is 1. The van der Waals surface area contributed by atoms with Crippen LogP contribution < -0.4 is 15.4 Å². The second-order valence-electron chi connectivity index (χ2n) is 11.3. The topological polar surface area (TPSA) is 114 Å². The lowest BCUT2D eigenvalue weighted by Gasteiger charge is -2.33. The van der Waals surface area contributed by atoms with Gasteiger partial charge in [-0.1, -0.05) is 39.0 Å². The molecule has 4 aromatic rings. The van der Waals surface area contributed by atoms with Crippen molar-refractivity contribution < 1.29 is 18.8 Å². The number of carboxylic acids is 1. The molecule has 3 heterocycles. The van der Waals surface area contributed by atoms with Gasteiger partial charge >= 0.3 is 5.97 Å². The zero-order valence-electron chi connectivity index (χ0n) is 24.5. The monoisotopic (exact) mass is 577 g/mol. The van der Waals surface area contributed by atoms with Gasteiger partial charge in [0.2, 0.25) is 0 Å². The molecule has 1 aliphatic heterocycles. The first kappa shape index (κ1) is 30.1. The maximum atomic E-state index is 11.4. The molecule has 5 rings (SSSR count). The van der Waals surface area contributed by atoms with Crippen LogP contribution in [-0.4, -0.2) is 69.2 Å². The summed E-state index contributed by atoms with van der Waals surface area (Å²) in [7, 11) is 2.86. The lowest BCUT2D eigenvalue weighted by molar-refractivity contribution is 0.0687. The quantitative estimate of drug-likeness (QED) is 0.314. The molecule has 0 bridgehead atoms. The Hall–Kier alpha value is -3.89. The van der Waals surface area contributed by atoms with Crippen LogP contribution in [-0.2, 0) is 23.3 Å². The van der Waals surface area contributed by atoms with Crippen molar-refractivity contribution in [2.24, 2.45) is 7.05 Å². The largest absolute Gasteiger partial charge is 0.477 e. The van der Waals surface area contributed by atoms with Gasteiger partial charge in [0, 0.05) is 62.8 Å². The Morgan fingerprint density at radius 1 is 1.02 bits per heavy atom.